The van der Waals surface area contributed by atoms with Gasteiger partial charge in [0.15, 0.2) is 0 Å². The molecule has 0 aliphatic rings. The Labute approximate surface area is 126 Å². The van der Waals surface area contributed by atoms with E-state index in [4.69, 9.17) is 5.11 Å². The predicted octanol–water partition coefficient (Wildman–Crippen LogP) is 2.94. The van der Waals surface area contributed by atoms with Crippen LogP contribution in [0.4, 0.5) is 9.18 Å². The van der Waals surface area contributed by atoms with Crippen molar-refractivity contribution in [3.8, 4) is 0 Å². The normalized spacial score (nSPS) is 13.7. The molecule has 0 saturated carbocycles. The van der Waals surface area contributed by atoms with E-state index in [0.717, 1.165) is 4.47 Å². The maximum atomic E-state index is 13.5. The molecule has 4 nitrogen and oxygen atoms in total. The molecule has 2 amide bonds. The van der Waals surface area contributed by atoms with Gasteiger partial charge in [0.25, 0.3) is 0 Å². The highest BCUT2D eigenvalue weighted by molar-refractivity contribution is 9.10. The minimum atomic E-state index is -0.464. The lowest BCUT2D eigenvalue weighted by Crippen LogP contribution is -2.50. The van der Waals surface area contributed by atoms with Crippen LogP contribution >= 0.6 is 15.9 Å². The van der Waals surface area contributed by atoms with Crippen LogP contribution in [-0.2, 0) is 6.54 Å². The van der Waals surface area contributed by atoms with Crippen molar-refractivity contribution in [3.63, 3.8) is 0 Å². The molecule has 112 valence electrons. The molecular formula is C14H20BrFN2O2. The Kier molecular flexibility index (Phi) is 6.42. The van der Waals surface area contributed by atoms with E-state index >= 15 is 0 Å². The molecular weight excluding hydrogens is 327 g/mol. The second-order valence-corrected chi connectivity index (χ2v) is 5.85. The van der Waals surface area contributed by atoms with E-state index in [9.17, 15) is 9.18 Å². The van der Waals surface area contributed by atoms with Crippen molar-refractivity contribution >= 4 is 22.0 Å². The summed E-state index contributed by atoms with van der Waals surface area (Å²) >= 11 is 3.26. The van der Waals surface area contributed by atoms with Crippen LogP contribution in [0.5, 0.6) is 0 Å². The molecule has 6 heteroatoms. The number of aliphatic hydroxyl groups excluding tert-OH is 1. The number of amides is 2. The van der Waals surface area contributed by atoms with Gasteiger partial charge < -0.3 is 15.7 Å². The summed E-state index contributed by atoms with van der Waals surface area (Å²) in [4.78, 5) is 11.8. The molecule has 1 rings (SSSR count). The Morgan fingerprint density at radius 3 is 2.80 bits per heavy atom. The SMILES string of the molecule is CCC(C)(CCO)NC(=O)NCc1cc(Br)ccc1F. The van der Waals surface area contributed by atoms with E-state index < -0.39 is 5.54 Å². The molecule has 0 heterocycles. The van der Waals surface area contributed by atoms with Crippen LogP contribution in [0.3, 0.4) is 0 Å². The summed E-state index contributed by atoms with van der Waals surface area (Å²) in [6.45, 7) is 3.91. The lowest BCUT2D eigenvalue weighted by atomic mass is 9.95. The van der Waals surface area contributed by atoms with Gasteiger partial charge in [0.2, 0.25) is 0 Å². The molecule has 20 heavy (non-hydrogen) atoms. The molecule has 0 bridgehead atoms. The van der Waals surface area contributed by atoms with Crippen LogP contribution in [0.15, 0.2) is 22.7 Å². The maximum absolute atomic E-state index is 13.5. The Bertz CT molecular complexity index is 470. The van der Waals surface area contributed by atoms with E-state index in [1.54, 1.807) is 12.1 Å². The first-order valence-electron chi connectivity index (χ1n) is 6.51. The maximum Gasteiger partial charge on any atom is 0.315 e. The van der Waals surface area contributed by atoms with Gasteiger partial charge in [-0.1, -0.05) is 22.9 Å². The molecule has 1 atom stereocenters. The zero-order valence-electron chi connectivity index (χ0n) is 11.7. The molecule has 0 radical (unpaired) electrons. The van der Waals surface area contributed by atoms with Gasteiger partial charge in [-0.05, 0) is 38.0 Å². The van der Waals surface area contributed by atoms with Crippen molar-refractivity contribution in [2.75, 3.05) is 6.61 Å². The summed E-state index contributed by atoms with van der Waals surface area (Å²) in [5, 5.41) is 14.4. The number of carbonyl (C=O) groups excluding carboxylic acids is 1. The number of rotatable bonds is 6. The molecule has 1 unspecified atom stereocenters. The Morgan fingerprint density at radius 2 is 2.20 bits per heavy atom. The van der Waals surface area contributed by atoms with Crippen molar-refractivity contribution < 1.29 is 14.3 Å². The van der Waals surface area contributed by atoms with Crippen LogP contribution in [-0.4, -0.2) is 23.3 Å². The van der Waals surface area contributed by atoms with Crippen LogP contribution in [0.25, 0.3) is 0 Å². The third-order valence-electron chi connectivity index (χ3n) is 3.31. The van der Waals surface area contributed by atoms with Gasteiger partial charge in [-0.3, -0.25) is 0 Å². The topological polar surface area (TPSA) is 61.4 Å². The second kappa shape index (κ2) is 7.59. The predicted molar refractivity (Wildman–Crippen MR) is 79.9 cm³/mol. The Morgan fingerprint density at radius 1 is 1.50 bits per heavy atom. The molecule has 0 saturated heterocycles. The van der Waals surface area contributed by atoms with Crippen molar-refractivity contribution in [2.45, 2.75) is 38.8 Å². The fourth-order valence-corrected chi connectivity index (χ4v) is 2.16. The number of nitrogens with one attached hydrogen (secondary N) is 2. The molecule has 0 aliphatic carbocycles. The number of hydrogen-bond acceptors (Lipinski definition) is 2. The number of aliphatic hydroxyl groups is 1. The van der Waals surface area contributed by atoms with E-state index in [0.29, 0.717) is 18.4 Å². The molecule has 0 spiro atoms. The summed E-state index contributed by atoms with van der Waals surface area (Å²) in [5.74, 6) is -0.359. The van der Waals surface area contributed by atoms with Gasteiger partial charge in [0, 0.05) is 28.7 Å². The minimum absolute atomic E-state index is 0.00484. The first kappa shape index (κ1) is 16.9. The number of urea groups is 1. The van der Waals surface area contributed by atoms with Crippen molar-refractivity contribution in [3.05, 3.63) is 34.1 Å². The smallest absolute Gasteiger partial charge is 0.315 e. The lowest BCUT2D eigenvalue weighted by molar-refractivity contribution is 0.200. The second-order valence-electron chi connectivity index (χ2n) is 4.93. The number of benzene rings is 1. The van der Waals surface area contributed by atoms with Gasteiger partial charge in [-0.2, -0.15) is 0 Å². The highest BCUT2D eigenvalue weighted by Gasteiger charge is 2.23. The summed E-state index contributed by atoms with van der Waals surface area (Å²) in [7, 11) is 0. The van der Waals surface area contributed by atoms with Crippen LogP contribution in [0, 0.1) is 5.82 Å². The highest BCUT2D eigenvalue weighted by Crippen LogP contribution is 2.16. The fraction of sp³-hybridized carbons (Fsp3) is 0.500. The van der Waals surface area contributed by atoms with Gasteiger partial charge in [-0.25, -0.2) is 9.18 Å². The quantitative estimate of drug-likeness (QED) is 0.741. The summed E-state index contributed by atoms with van der Waals surface area (Å²) < 4.78 is 14.3. The summed E-state index contributed by atoms with van der Waals surface area (Å²) in [6.07, 6.45) is 1.17. The molecule has 0 fully saturated rings. The third kappa shape index (κ3) is 5.09. The first-order chi connectivity index (χ1) is 9.40. The number of halogens is 2. The molecule has 0 aliphatic heterocycles. The average Bonchev–Trinajstić information content (AvgIpc) is 2.40. The van der Waals surface area contributed by atoms with Gasteiger partial charge >= 0.3 is 6.03 Å². The molecule has 0 aromatic heterocycles. The number of carbonyl (C=O) groups is 1. The number of hydrogen-bond donors (Lipinski definition) is 3. The average molecular weight is 347 g/mol. The molecule has 1 aromatic carbocycles. The van der Waals surface area contributed by atoms with Gasteiger partial charge in [0.05, 0.1) is 0 Å². The lowest BCUT2D eigenvalue weighted by Gasteiger charge is -2.29. The Balaban J connectivity index is 2.57. The van der Waals surface area contributed by atoms with Crippen LogP contribution in [0.1, 0.15) is 32.3 Å². The minimum Gasteiger partial charge on any atom is -0.396 e. The van der Waals surface area contributed by atoms with E-state index in [1.807, 2.05) is 13.8 Å². The first-order valence-corrected chi connectivity index (χ1v) is 7.30. The highest BCUT2D eigenvalue weighted by atomic mass is 79.9. The largest absolute Gasteiger partial charge is 0.396 e. The third-order valence-corrected chi connectivity index (χ3v) is 3.80. The van der Waals surface area contributed by atoms with Crippen LogP contribution < -0.4 is 10.6 Å². The van der Waals surface area contributed by atoms with Gasteiger partial charge in [0.1, 0.15) is 5.82 Å². The monoisotopic (exact) mass is 346 g/mol. The standard InChI is InChI=1S/C14H20BrFN2O2/c1-3-14(2,6-7-19)18-13(20)17-9-10-8-11(15)4-5-12(10)16/h4-5,8,19H,3,6-7,9H2,1-2H3,(H2,17,18,20). The molecule has 3 N–H and O–H groups in total. The summed E-state index contributed by atoms with van der Waals surface area (Å²) in [5.41, 5.74) is -0.0517. The zero-order chi connectivity index (χ0) is 15.2. The molecule has 1 aromatic rings. The van der Waals surface area contributed by atoms with Crippen molar-refractivity contribution in [2.24, 2.45) is 0 Å². The zero-order valence-corrected chi connectivity index (χ0v) is 13.3. The Hall–Kier alpha value is -1.14. The van der Waals surface area contributed by atoms with Crippen molar-refractivity contribution in [1.82, 2.24) is 10.6 Å². The van der Waals surface area contributed by atoms with Gasteiger partial charge in [-0.15, -0.1) is 0 Å². The van der Waals surface area contributed by atoms with E-state index in [2.05, 4.69) is 26.6 Å². The van der Waals surface area contributed by atoms with E-state index in [1.165, 1.54) is 6.07 Å². The fourth-order valence-electron chi connectivity index (χ4n) is 1.75. The van der Waals surface area contributed by atoms with Crippen molar-refractivity contribution in [1.29, 1.82) is 0 Å². The van der Waals surface area contributed by atoms with Crippen LogP contribution in [0.2, 0.25) is 0 Å². The van der Waals surface area contributed by atoms with E-state index in [-0.39, 0.29) is 25.0 Å². The summed E-state index contributed by atoms with van der Waals surface area (Å²) in [6, 6.07) is 4.21.